The maximum Gasteiger partial charge on any atom is 0.0665 e. The molecule has 0 aromatic heterocycles. The van der Waals surface area contributed by atoms with Gasteiger partial charge >= 0.3 is 0 Å². The van der Waals surface area contributed by atoms with Crippen molar-refractivity contribution in [3.05, 3.63) is 12.2 Å². The van der Waals surface area contributed by atoms with Gasteiger partial charge in [0.25, 0.3) is 0 Å². The molecule has 1 atom stereocenters. The molecule has 3 N–H and O–H groups in total. The van der Waals surface area contributed by atoms with E-state index < -0.39 is 0 Å². The summed E-state index contributed by atoms with van der Waals surface area (Å²) in [6.45, 7) is 2.56. The van der Waals surface area contributed by atoms with Gasteiger partial charge in [-0.15, -0.1) is 0 Å². The molecule has 0 aromatic carbocycles. The highest BCUT2D eigenvalue weighted by molar-refractivity contribution is 4.82. The summed E-state index contributed by atoms with van der Waals surface area (Å²) in [5.41, 5.74) is 5.26. The first-order valence-electron chi connectivity index (χ1n) is 4.84. The van der Waals surface area contributed by atoms with E-state index in [1.165, 1.54) is 12.8 Å². The predicted octanol–water partition coefficient (Wildman–Crippen LogP) is 1.83. The molecule has 0 aliphatic heterocycles. The van der Waals surface area contributed by atoms with Gasteiger partial charge in [-0.05, 0) is 19.3 Å². The Morgan fingerprint density at radius 3 is 2.58 bits per heavy atom. The van der Waals surface area contributed by atoms with Gasteiger partial charge in [0.2, 0.25) is 0 Å². The highest BCUT2D eigenvalue weighted by atomic mass is 16.3. The van der Waals surface area contributed by atoms with Gasteiger partial charge in [-0.3, -0.25) is 0 Å². The third kappa shape index (κ3) is 7.76. The second-order valence-corrected chi connectivity index (χ2v) is 3.08. The molecule has 2 nitrogen and oxygen atoms in total. The van der Waals surface area contributed by atoms with Crippen LogP contribution in [0.3, 0.4) is 0 Å². The molecule has 0 aromatic rings. The van der Waals surface area contributed by atoms with Gasteiger partial charge in [-0.2, -0.15) is 0 Å². The van der Waals surface area contributed by atoms with Crippen LogP contribution in [-0.2, 0) is 0 Å². The topological polar surface area (TPSA) is 46.2 Å². The minimum Gasteiger partial charge on any atom is -0.392 e. The summed E-state index contributed by atoms with van der Waals surface area (Å²) in [4.78, 5) is 0. The Balaban J connectivity index is 3.12. The Hall–Kier alpha value is -0.340. The Labute approximate surface area is 75.5 Å². The van der Waals surface area contributed by atoms with E-state index in [4.69, 9.17) is 10.8 Å². The number of rotatable bonds is 7. The fraction of sp³-hybridized carbons (Fsp3) is 0.800. The van der Waals surface area contributed by atoms with Crippen LogP contribution >= 0.6 is 0 Å². The number of aliphatic hydroxyl groups excluding tert-OH is 1. The first-order chi connectivity index (χ1) is 5.81. The molecule has 0 amide bonds. The predicted molar refractivity (Wildman–Crippen MR) is 53.0 cm³/mol. The summed E-state index contributed by atoms with van der Waals surface area (Å²) in [6.07, 6.45) is 9.41. The van der Waals surface area contributed by atoms with E-state index in [1.54, 1.807) is 0 Å². The molecule has 0 aliphatic carbocycles. The number of aliphatic hydroxyl groups is 1. The van der Waals surface area contributed by atoms with Crippen molar-refractivity contribution in [1.29, 1.82) is 0 Å². The van der Waals surface area contributed by atoms with E-state index in [0.717, 1.165) is 19.3 Å². The lowest BCUT2D eigenvalue weighted by atomic mass is 10.1. The third-order valence-corrected chi connectivity index (χ3v) is 1.83. The summed E-state index contributed by atoms with van der Waals surface area (Å²) in [6, 6.07) is 0. The van der Waals surface area contributed by atoms with Crippen molar-refractivity contribution >= 4 is 0 Å². The van der Waals surface area contributed by atoms with Crippen molar-refractivity contribution in [2.45, 2.75) is 45.1 Å². The van der Waals surface area contributed by atoms with Crippen molar-refractivity contribution < 1.29 is 5.11 Å². The lowest BCUT2D eigenvalue weighted by molar-refractivity contribution is 0.174. The average molecular weight is 171 g/mol. The quantitative estimate of drug-likeness (QED) is 0.453. The van der Waals surface area contributed by atoms with Gasteiger partial charge in [0.1, 0.15) is 0 Å². The first kappa shape index (κ1) is 11.7. The zero-order valence-electron chi connectivity index (χ0n) is 8.00. The van der Waals surface area contributed by atoms with Crippen LogP contribution in [0.4, 0.5) is 0 Å². The van der Waals surface area contributed by atoms with E-state index in [9.17, 15) is 0 Å². The zero-order valence-corrected chi connectivity index (χ0v) is 8.00. The largest absolute Gasteiger partial charge is 0.392 e. The third-order valence-electron chi connectivity index (χ3n) is 1.83. The van der Waals surface area contributed by atoms with Crippen molar-refractivity contribution in [2.24, 2.45) is 5.73 Å². The van der Waals surface area contributed by atoms with Crippen LogP contribution in [0, 0.1) is 0 Å². The standard InChI is InChI=1S/C10H21NO/c1-2-3-4-5-6-7-8-10(12)9-11/h5-6,10,12H,2-4,7-9,11H2,1H3/b6-5+. The van der Waals surface area contributed by atoms with Crippen LogP contribution in [0.2, 0.25) is 0 Å². The number of unbranched alkanes of at least 4 members (excludes halogenated alkanes) is 2. The first-order valence-corrected chi connectivity index (χ1v) is 4.84. The van der Waals surface area contributed by atoms with Crippen molar-refractivity contribution in [3.63, 3.8) is 0 Å². The zero-order chi connectivity index (χ0) is 9.23. The number of hydrogen-bond donors (Lipinski definition) is 2. The van der Waals surface area contributed by atoms with E-state index >= 15 is 0 Å². The van der Waals surface area contributed by atoms with E-state index in [-0.39, 0.29) is 6.10 Å². The highest BCUT2D eigenvalue weighted by Crippen LogP contribution is 2.00. The monoisotopic (exact) mass is 171 g/mol. The SMILES string of the molecule is CCCC/C=C/CCC(O)CN. The Bertz CT molecular complexity index is 112. The second-order valence-electron chi connectivity index (χ2n) is 3.08. The molecule has 1 unspecified atom stereocenters. The maximum absolute atomic E-state index is 9.10. The lowest BCUT2D eigenvalue weighted by Gasteiger charge is -2.03. The summed E-state index contributed by atoms with van der Waals surface area (Å²) in [5, 5.41) is 9.10. The minimum atomic E-state index is -0.319. The fourth-order valence-corrected chi connectivity index (χ4v) is 0.964. The van der Waals surface area contributed by atoms with Gasteiger partial charge in [0, 0.05) is 6.54 Å². The average Bonchev–Trinajstić information content (AvgIpc) is 2.10. The van der Waals surface area contributed by atoms with E-state index in [2.05, 4.69) is 19.1 Å². The summed E-state index contributed by atoms with van der Waals surface area (Å²) < 4.78 is 0. The van der Waals surface area contributed by atoms with Crippen LogP contribution in [-0.4, -0.2) is 17.8 Å². The van der Waals surface area contributed by atoms with Crippen LogP contribution in [0.1, 0.15) is 39.0 Å². The van der Waals surface area contributed by atoms with Crippen molar-refractivity contribution in [1.82, 2.24) is 0 Å². The molecule has 0 fully saturated rings. The second kappa shape index (κ2) is 8.75. The molecule has 12 heavy (non-hydrogen) atoms. The molecule has 0 heterocycles. The van der Waals surface area contributed by atoms with Crippen molar-refractivity contribution in [2.75, 3.05) is 6.54 Å². The highest BCUT2D eigenvalue weighted by Gasteiger charge is 1.96. The summed E-state index contributed by atoms with van der Waals surface area (Å²) in [7, 11) is 0. The molecule has 0 aliphatic rings. The molecule has 0 spiro atoms. The Morgan fingerprint density at radius 1 is 1.33 bits per heavy atom. The van der Waals surface area contributed by atoms with Gasteiger partial charge in [-0.25, -0.2) is 0 Å². The molecule has 72 valence electrons. The number of nitrogens with two attached hydrogens (primary N) is 1. The molecule has 0 saturated heterocycles. The molecule has 0 radical (unpaired) electrons. The minimum absolute atomic E-state index is 0.319. The smallest absolute Gasteiger partial charge is 0.0665 e. The van der Waals surface area contributed by atoms with E-state index in [0.29, 0.717) is 6.54 Å². The molecule has 0 saturated carbocycles. The van der Waals surface area contributed by atoms with E-state index in [1.807, 2.05) is 0 Å². The van der Waals surface area contributed by atoms with Crippen LogP contribution in [0.15, 0.2) is 12.2 Å². The normalized spacial score (nSPS) is 13.9. The fourth-order valence-electron chi connectivity index (χ4n) is 0.964. The maximum atomic E-state index is 9.10. The summed E-state index contributed by atoms with van der Waals surface area (Å²) >= 11 is 0. The molecule has 0 bridgehead atoms. The molecule has 0 rings (SSSR count). The van der Waals surface area contributed by atoms with Crippen LogP contribution in [0.5, 0.6) is 0 Å². The molecular formula is C10H21NO. The van der Waals surface area contributed by atoms with Crippen LogP contribution in [0.25, 0.3) is 0 Å². The molecule has 2 heteroatoms. The number of allylic oxidation sites excluding steroid dienone is 2. The Kier molecular flexibility index (Phi) is 8.51. The Morgan fingerprint density at radius 2 is 2.00 bits per heavy atom. The van der Waals surface area contributed by atoms with Gasteiger partial charge in [0.05, 0.1) is 6.10 Å². The van der Waals surface area contributed by atoms with Crippen molar-refractivity contribution in [3.8, 4) is 0 Å². The summed E-state index contributed by atoms with van der Waals surface area (Å²) in [5.74, 6) is 0. The number of hydrogen-bond acceptors (Lipinski definition) is 2. The lowest BCUT2D eigenvalue weighted by Crippen LogP contribution is -2.18. The molecular weight excluding hydrogens is 150 g/mol. The van der Waals surface area contributed by atoms with Gasteiger partial charge in [0.15, 0.2) is 0 Å². The van der Waals surface area contributed by atoms with Gasteiger partial charge in [-0.1, -0.05) is 31.9 Å². The van der Waals surface area contributed by atoms with Gasteiger partial charge < -0.3 is 10.8 Å². The van der Waals surface area contributed by atoms with Crippen LogP contribution < -0.4 is 5.73 Å².